The average molecular weight is 312 g/mol. The maximum absolute atomic E-state index is 12.0. The first-order valence-corrected chi connectivity index (χ1v) is 7.76. The van der Waals surface area contributed by atoms with Gasteiger partial charge in [-0.05, 0) is 30.5 Å². The van der Waals surface area contributed by atoms with E-state index in [1.165, 1.54) is 0 Å². The summed E-state index contributed by atoms with van der Waals surface area (Å²) in [6, 6.07) is 5.65. The molecule has 7 nitrogen and oxygen atoms in total. The Morgan fingerprint density at radius 3 is 2.65 bits per heavy atom. The number of pyridine rings is 1. The Balaban J connectivity index is 1.41. The van der Waals surface area contributed by atoms with Crippen LogP contribution < -0.4 is 15.5 Å². The maximum Gasteiger partial charge on any atom is 0.315 e. The van der Waals surface area contributed by atoms with Gasteiger partial charge in [-0.2, -0.15) is 0 Å². The molecule has 3 rings (SSSR count). The van der Waals surface area contributed by atoms with Crippen LogP contribution in [0.4, 0.5) is 10.7 Å². The quantitative estimate of drug-likeness (QED) is 0.890. The molecule has 2 aromatic heterocycles. The molecule has 0 unspecified atom stereocenters. The van der Waals surface area contributed by atoms with Crippen LogP contribution in [-0.4, -0.2) is 40.1 Å². The lowest BCUT2D eigenvalue weighted by Crippen LogP contribution is -2.48. The first-order chi connectivity index (χ1) is 11.3. The lowest BCUT2D eigenvalue weighted by atomic mass is 10.1. The smallest absolute Gasteiger partial charge is 0.315 e. The Bertz CT molecular complexity index is 613. The highest BCUT2D eigenvalue weighted by Crippen LogP contribution is 2.15. The predicted octanol–water partition coefficient (Wildman–Crippen LogP) is 1.34. The van der Waals surface area contributed by atoms with Crippen LogP contribution >= 0.6 is 0 Å². The number of carbonyl (C=O) groups excluding carboxylic acids is 1. The van der Waals surface area contributed by atoms with Gasteiger partial charge >= 0.3 is 6.03 Å². The fourth-order valence-electron chi connectivity index (χ4n) is 2.60. The summed E-state index contributed by atoms with van der Waals surface area (Å²) in [5, 5.41) is 5.88. The van der Waals surface area contributed by atoms with Crippen molar-refractivity contribution in [2.24, 2.45) is 0 Å². The highest BCUT2D eigenvalue weighted by atomic mass is 16.2. The third-order valence-electron chi connectivity index (χ3n) is 3.84. The number of anilines is 1. The molecule has 2 N–H and O–H groups in total. The summed E-state index contributed by atoms with van der Waals surface area (Å²) in [7, 11) is 0. The monoisotopic (exact) mass is 312 g/mol. The Morgan fingerprint density at radius 2 is 1.96 bits per heavy atom. The summed E-state index contributed by atoms with van der Waals surface area (Å²) in [6.07, 6.45) is 8.74. The van der Waals surface area contributed by atoms with Gasteiger partial charge in [0.15, 0.2) is 0 Å². The standard InChI is InChI=1S/C16H20N6O/c23-16(20-12-13-3-1-6-17-11-13)21-14-4-9-22(10-5-14)15-18-7-2-8-19-15/h1-3,6-8,11,14H,4-5,9-10,12H2,(H2,20,21,23). The lowest BCUT2D eigenvalue weighted by Gasteiger charge is -2.32. The maximum atomic E-state index is 12.0. The minimum absolute atomic E-state index is 0.136. The van der Waals surface area contributed by atoms with Crippen molar-refractivity contribution in [2.75, 3.05) is 18.0 Å². The van der Waals surface area contributed by atoms with E-state index in [2.05, 4.69) is 30.5 Å². The molecule has 0 bridgehead atoms. The van der Waals surface area contributed by atoms with Gasteiger partial charge < -0.3 is 15.5 Å². The minimum Gasteiger partial charge on any atom is -0.341 e. The highest BCUT2D eigenvalue weighted by Gasteiger charge is 2.21. The van der Waals surface area contributed by atoms with Gasteiger partial charge in [-0.25, -0.2) is 14.8 Å². The molecule has 1 saturated heterocycles. The van der Waals surface area contributed by atoms with E-state index < -0.39 is 0 Å². The van der Waals surface area contributed by atoms with Crippen molar-refractivity contribution in [3.8, 4) is 0 Å². The van der Waals surface area contributed by atoms with E-state index in [0.717, 1.165) is 37.4 Å². The normalized spacial score (nSPS) is 15.2. The van der Waals surface area contributed by atoms with Gasteiger partial charge in [-0.1, -0.05) is 6.07 Å². The van der Waals surface area contributed by atoms with E-state index in [9.17, 15) is 4.79 Å². The summed E-state index contributed by atoms with van der Waals surface area (Å²) >= 11 is 0. The largest absolute Gasteiger partial charge is 0.341 e. The number of hydrogen-bond donors (Lipinski definition) is 2. The van der Waals surface area contributed by atoms with Crippen LogP contribution in [0.1, 0.15) is 18.4 Å². The molecule has 23 heavy (non-hydrogen) atoms. The number of nitrogens with zero attached hydrogens (tertiary/aromatic N) is 4. The van der Waals surface area contributed by atoms with Crippen molar-refractivity contribution < 1.29 is 4.79 Å². The molecule has 0 aliphatic carbocycles. The van der Waals surface area contributed by atoms with Gasteiger partial charge in [0.25, 0.3) is 0 Å². The van der Waals surface area contributed by atoms with Crippen molar-refractivity contribution in [3.63, 3.8) is 0 Å². The number of amides is 2. The molecule has 1 aliphatic rings. The number of urea groups is 1. The Morgan fingerprint density at radius 1 is 1.17 bits per heavy atom. The molecule has 3 heterocycles. The van der Waals surface area contributed by atoms with Gasteiger partial charge in [0.1, 0.15) is 0 Å². The lowest BCUT2D eigenvalue weighted by molar-refractivity contribution is 0.234. The molecular weight excluding hydrogens is 292 g/mol. The second-order valence-electron chi connectivity index (χ2n) is 5.50. The Hall–Kier alpha value is -2.70. The first-order valence-electron chi connectivity index (χ1n) is 7.76. The molecule has 0 radical (unpaired) electrons. The van der Waals surface area contributed by atoms with Crippen LogP contribution in [0.2, 0.25) is 0 Å². The van der Waals surface area contributed by atoms with Gasteiger partial charge in [-0.3, -0.25) is 4.98 Å². The van der Waals surface area contributed by atoms with Crippen molar-refractivity contribution in [2.45, 2.75) is 25.4 Å². The van der Waals surface area contributed by atoms with Crippen LogP contribution in [0.15, 0.2) is 43.0 Å². The predicted molar refractivity (Wildman–Crippen MR) is 86.9 cm³/mol. The van der Waals surface area contributed by atoms with Crippen LogP contribution in [0.5, 0.6) is 0 Å². The summed E-state index contributed by atoms with van der Waals surface area (Å²) < 4.78 is 0. The summed E-state index contributed by atoms with van der Waals surface area (Å²) in [5.41, 5.74) is 0.985. The SMILES string of the molecule is O=C(NCc1cccnc1)NC1CCN(c2ncccn2)CC1. The van der Waals surface area contributed by atoms with Crippen LogP contribution in [0.25, 0.3) is 0 Å². The molecule has 120 valence electrons. The van der Waals surface area contributed by atoms with Crippen LogP contribution in [0.3, 0.4) is 0 Å². The number of hydrogen-bond acceptors (Lipinski definition) is 5. The first kappa shape index (κ1) is 15.2. The number of aromatic nitrogens is 3. The van der Waals surface area contributed by atoms with Gasteiger partial charge in [0, 0.05) is 50.5 Å². The molecule has 2 amide bonds. The number of rotatable bonds is 4. The summed E-state index contributed by atoms with van der Waals surface area (Å²) in [4.78, 5) is 26.6. The number of piperidine rings is 1. The van der Waals surface area contributed by atoms with E-state index in [1.807, 2.05) is 18.2 Å². The van der Waals surface area contributed by atoms with Crippen LogP contribution in [-0.2, 0) is 6.54 Å². The second kappa shape index (κ2) is 7.53. The molecule has 2 aromatic rings. The average Bonchev–Trinajstić information content (AvgIpc) is 2.62. The van der Waals surface area contributed by atoms with Crippen LogP contribution in [0, 0.1) is 0 Å². The van der Waals surface area contributed by atoms with Crippen molar-refractivity contribution in [1.29, 1.82) is 0 Å². The third-order valence-corrected chi connectivity index (χ3v) is 3.84. The topological polar surface area (TPSA) is 83.0 Å². The van der Waals surface area contributed by atoms with E-state index >= 15 is 0 Å². The number of carbonyl (C=O) groups is 1. The molecule has 0 saturated carbocycles. The molecule has 1 fully saturated rings. The van der Waals surface area contributed by atoms with E-state index in [-0.39, 0.29) is 12.1 Å². The zero-order valence-corrected chi connectivity index (χ0v) is 12.9. The highest BCUT2D eigenvalue weighted by molar-refractivity contribution is 5.74. The van der Waals surface area contributed by atoms with Crippen molar-refractivity contribution in [3.05, 3.63) is 48.5 Å². The zero-order valence-electron chi connectivity index (χ0n) is 12.9. The zero-order chi connectivity index (χ0) is 15.9. The van der Waals surface area contributed by atoms with E-state index in [1.54, 1.807) is 24.8 Å². The minimum atomic E-state index is -0.136. The molecule has 0 spiro atoms. The van der Waals surface area contributed by atoms with Crippen molar-refractivity contribution in [1.82, 2.24) is 25.6 Å². The van der Waals surface area contributed by atoms with Gasteiger partial charge in [0.2, 0.25) is 5.95 Å². The molecule has 0 aromatic carbocycles. The fourth-order valence-corrected chi connectivity index (χ4v) is 2.60. The molecule has 0 atom stereocenters. The third kappa shape index (κ3) is 4.38. The molecular formula is C16H20N6O. The molecule has 7 heteroatoms. The Kier molecular flexibility index (Phi) is 4.98. The molecule has 1 aliphatic heterocycles. The van der Waals surface area contributed by atoms with E-state index in [0.29, 0.717) is 6.54 Å². The van der Waals surface area contributed by atoms with E-state index in [4.69, 9.17) is 0 Å². The Labute approximate surface area is 135 Å². The van der Waals surface area contributed by atoms with Gasteiger partial charge in [-0.15, -0.1) is 0 Å². The van der Waals surface area contributed by atoms with Gasteiger partial charge in [0.05, 0.1) is 0 Å². The second-order valence-corrected chi connectivity index (χ2v) is 5.50. The summed E-state index contributed by atoms with van der Waals surface area (Å²) in [6.45, 7) is 2.17. The number of nitrogens with one attached hydrogen (secondary N) is 2. The summed E-state index contributed by atoms with van der Waals surface area (Å²) in [5.74, 6) is 0.756. The van der Waals surface area contributed by atoms with Crippen molar-refractivity contribution >= 4 is 12.0 Å². The fraction of sp³-hybridized carbons (Fsp3) is 0.375.